The van der Waals surface area contributed by atoms with E-state index in [0.29, 0.717) is 0 Å². The van der Waals surface area contributed by atoms with Crippen molar-refractivity contribution in [1.29, 1.82) is 0 Å². The number of aromatic nitrogens is 1. The van der Waals surface area contributed by atoms with Crippen LogP contribution < -0.4 is 10.6 Å². The molecule has 7 aromatic carbocycles. The standard InChI is InChI=1S/C48H35N3S/c1-2-13-32(14-3-1)48-49-40(29-41(50-48)34-23-26-45-39(28-34)38-19-8-9-20-44(38)52-45)33-15-10-16-35(27-33)51-42-24-21-30-11-4-6-17-36(30)46(42)47-37-18-7-5-12-31(37)22-25-43(47)51/h1-8,10-19,21-29,40,48-50H,9,20H2. The first-order chi connectivity index (χ1) is 25.8. The first-order valence-corrected chi connectivity index (χ1v) is 19.0. The smallest absolute Gasteiger partial charge is 0.104 e. The van der Waals surface area contributed by atoms with Gasteiger partial charge in [0.1, 0.15) is 6.17 Å². The molecule has 3 nitrogen and oxygen atoms in total. The van der Waals surface area contributed by atoms with Crippen molar-refractivity contribution < 1.29 is 0 Å². The van der Waals surface area contributed by atoms with E-state index < -0.39 is 0 Å². The molecular formula is C48H35N3S. The Morgan fingerprint density at radius 2 is 1.33 bits per heavy atom. The number of aryl methyl sites for hydroxylation is 1. The lowest BCUT2D eigenvalue weighted by molar-refractivity contribution is 0.442. The van der Waals surface area contributed by atoms with Crippen molar-refractivity contribution in [2.75, 3.05) is 0 Å². The quantitative estimate of drug-likeness (QED) is 0.193. The molecule has 2 atom stereocenters. The Hall–Kier alpha value is -5.94. The fraction of sp³-hybridized carbons (Fsp3) is 0.0833. The van der Waals surface area contributed by atoms with E-state index in [9.17, 15) is 0 Å². The molecule has 1 aliphatic heterocycles. The fourth-order valence-electron chi connectivity index (χ4n) is 8.64. The van der Waals surface area contributed by atoms with Crippen molar-refractivity contribution >= 4 is 76.5 Å². The zero-order valence-corrected chi connectivity index (χ0v) is 29.3. The molecule has 3 heterocycles. The van der Waals surface area contributed by atoms with Crippen LogP contribution in [0, 0.1) is 0 Å². The van der Waals surface area contributed by atoms with E-state index in [1.165, 1.54) is 80.6 Å². The molecule has 2 aliphatic rings. The summed E-state index contributed by atoms with van der Waals surface area (Å²) in [6.45, 7) is 0. The van der Waals surface area contributed by atoms with Crippen LogP contribution in [0.15, 0.2) is 158 Å². The predicted molar refractivity (Wildman–Crippen MR) is 221 cm³/mol. The molecule has 2 unspecified atom stereocenters. The monoisotopic (exact) mass is 685 g/mol. The molecule has 0 spiro atoms. The third kappa shape index (κ3) is 4.68. The minimum atomic E-state index is -0.0483. The van der Waals surface area contributed by atoms with Gasteiger partial charge in [-0.3, -0.25) is 5.32 Å². The summed E-state index contributed by atoms with van der Waals surface area (Å²) >= 11 is 1.95. The molecule has 1 aliphatic carbocycles. The average Bonchev–Trinajstić information content (AvgIpc) is 3.77. The van der Waals surface area contributed by atoms with Crippen molar-refractivity contribution in [1.82, 2.24) is 15.2 Å². The summed E-state index contributed by atoms with van der Waals surface area (Å²) in [6, 6.07) is 53.6. The van der Waals surface area contributed by atoms with E-state index in [-0.39, 0.29) is 12.2 Å². The Bertz CT molecular complexity index is 2830. The second-order valence-corrected chi connectivity index (χ2v) is 15.2. The Kier molecular flexibility index (Phi) is 6.76. The molecule has 0 saturated carbocycles. The molecule has 248 valence electrons. The molecule has 4 heteroatoms. The van der Waals surface area contributed by atoms with Crippen molar-refractivity contribution in [2.45, 2.75) is 25.0 Å². The topological polar surface area (TPSA) is 29.0 Å². The lowest BCUT2D eigenvalue weighted by Crippen LogP contribution is -2.39. The summed E-state index contributed by atoms with van der Waals surface area (Å²) in [5.41, 5.74) is 9.82. The van der Waals surface area contributed by atoms with E-state index >= 15 is 0 Å². The number of hydrogen-bond donors (Lipinski definition) is 2. The molecule has 11 rings (SSSR count). The molecule has 0 bridgehead atoms. The van der Waals surface area contributed by atoms with Gasteiger partial charge in [-0.25, -0.2) is 0 Å². The molecule has 0 saturated heterocycles. The number of nitrogens with zero attached hydrogens (tertiary/aromatic N) is 1. The second kappa shape index (κ2) is 11.8. The first kappa shape index (κ1) is 29.8. The minimum absolute atomic E-state index is 0.0110. The number of nitrogens with one attached hydrogen (secondary N) is 2. The van der Waals surface area contributed by atoms with Crippen molar-refractivity contribution in [3.05, 3.63) is 185 Å². The molecule has 0 radical (unpaired) electrons. The van der Waals surface area contributed by atoms with Crippen molar-refractivity contribution in [3.8, 4) is 5.69 Å². The van der Waals surface area contributed by atoms with Gasteiger partial charge in [0.2, 0.25) is 0 Å². The number of thiophene rings is 1. The number of fused-ring (bicyclic) bond motifs is 10. The zero-order chi connectivity index (χ0) is 34.2. The van der Waals surface area contributed by atoms with E-state index in [1.54, 1.807) is 0 Å². The largest absolute Gasteiger partial charge is 0.366 e. The van der Waals surface area contributed by atoms with Crippen LogP contribution in [-0.2, 0) is 6.42 Å². The Morgan fingerprint density at radius 1 is 0.615 bits per heavy atom. The van der Waals surface area contributed by atoms with E-state index in [2.05, 4.69) is 179 Å². The van der Waals surface area contributed by atoms with E-state index in [4.69, 9.17) is 0 Å². The molecule has 2 aromatic heterocycles. The van der Waals surface area contributed by atoms with Gasteiger partial charge in [0.05, 0.1) is 17.1 Å². The molecule has 0 fully saturated rings. The number of hydrogen-bond acceptors (Lipinski definition) is 3. The Labute approximate surface area is 306 Å². The van der Waals surface area contributed by atoms with Gasteiger partial charge >= 0.3 is 0 Å². The molecular weight excluding hydrogens is 651 g/mol. The summed E-state index contributed by atoms with van der Waals surface area (Å²) in [7, 11) is 0. The molecule has 9 aromatic rings. The highest BCUT2D eigenvalue weighted by Gasteiger charge is 2.26. The van der Waals surface area contributed by atoms with Crippen molar-refractivity contribution in [3.63, 3.8) is 0 Å². The van der Waals surface area contributed by atoms with E-state index in [1.807, 2.05) is 11.3 Å². The second-order valence-electron chi connectivity index (χ2n) is 14.1. The number of rotatable bonds is 4. The van der Waals surface area contributed by atoms with Gasteiger partial charge in [-0.1, -0.05) is 121 Å². The van der Waals surface area contributed by atoms with Gasteiger partial charge in [-0.2, -0.15) is 0 Å². The van der Waals surface area contributed by atoms with Gasteiger partial charge in [-0.15, -0.1) is 11.3 Å². The minimum Gasteiger partial charge on any atom is -0.366 e. The maximum atomic E-state index is 3.96. The zero-order valence-electron chi connectivity index (χ0n) is 28.5. The van der Waals surface area contributed by atoms with Crippen LogP contribution in [0.5, 0.6) is 0 Å². The summed E-state index contributed by atoms with van der Waals surface area (Å²) in [5, 5.41) is 16.9. The van der Waals surface area contributed by atoms with Crippen molar-refractivity contribution in [2.24, 2.45) is 0 Å². The SMILES string of the molecule is C1=Cc2c(sc3ccc(C4=CC(c5cccc(-n6c7ccc8ccccc8c7c7c8ccccc8ccc76)c5)NC(c5ccccc5)N4)cc23)CC1. The normalized spacial score (nSPS) is 17.2. The number of benzene rings is 7. The summed E-state index contributed by atoms with van der Waals surface area (Å²) in [4.78, 5) is 1.50. The van der Waals surface area contributed by atoms with Crippen LogP contribution in [0.1, 0.15) is 45.8 Å². The lowest BCUT2D eigenvalue weighted by atomic mass is 9.96. The van der Waals surface area contributed by atoms with Crippen LogP contribution in [0.2, 0.25) is 0 Å². The highest BCUT2D eigenvalue weighted by atomic mass is 32.1. The number of allylic oxidation sites excluding steroid dienone is 1. The van der Waals surface area contributed by atoms with Gasteiger partial charge in [0, 0.05) is 37.1 Å². The van der Waals surface area contributed by atoms with Gasteiger partial charge in [-0.05, 0) is 99.1 Å². The van der Waals surface area contributed by atoms with Crippen LogP contribution in [0.4, 0.5) is 0 Å². The summed E-state index contributed by atoms with van der Waals surface area (Å²) < 4.78 is 3.83. The Balaban J connectivity index is 1.09. The van der Waals surface area contributed by atoms with Gasteiger partial charge in [0.25, 0.3) is 0 Å². The third-order valence-electron chi connectivity index (χ3n) is 11.1. The van der Waals surface area contributed by atoms with E-state index in [0.717, 1.165) is 24.2 Å². The van der Waals surface area contributed by atoms with Crippen LogP contribution >= 0.6 is 11.3 Å². The lowest BCUT2D eigenvalue weighted by Gasteiger charge is -2.33. The maximum Gasteiger partial charge on any atom is 0.104 e. The Morgan fingerprint density at radius 3 is 2.10 bits per heavy atom. The predicted octanol–water partition coefficient (Wildman–Crippen LogP) is 12.2. The van der Waals surface area contributed by atoms with Crippen LogP contribution in [-0.4, -0.2) is 4.57 Å². The highest BCUT2D eigenvalue weighted by molar-refractivity contribution is 7.19. The maximum absolute atomic E-state index is 3.96. The summed E-state index contributed by atoms with van der Waals surface area (Å²) in [5.74, 6) is 0. The molecule has 2 N–H and O–H groups in total. The molecule has 52 heavy (non-hydrogen) atoms. The summed E-state index contributed by atoms with van der Waals surface area (Å²) in [6.07, 6.45) is 9.24. The first-order valence-electron chi connectivity index (χ1n) is 18.2. The van der Waals surface area contributed by atoms with Crippen LogP contribution in [0.3, 0.4) is 0 Å². The van der Waals surface area contributed by atoms with Gasteiger partial charge < -0.3 is 9.88 Å². The van der Waals surface area contributed by atoms with Gasteiger partial charge in [0.15, 0.2) is 0 Å². The molecule has 0 amide bonds. The highest BCUT2D eigenvalue weighted by Crippen LogP contribution is 2.42. The van der Waals surface area contributed by atoms with Crippen LogP contribution in [0.25, 0.3) is 70.9 Å². The fourth-order valence-corrected chi connectivity index (χ4v) is 9.83. The third-order valence-corrected chi connectivity index (χ3v) is 12.3. The average molecular weight is 686 g/mol.